The van der Waals surface area contributed by atoms with E-state index in [-0.39, 0.29) is 10.7 Å². The normalized spacial score (nSPS) is 10.5. The summed E-state index contributed by atoms with van der Waals surface area (Å²) in [4.78, 5) is 23.6. The maximum atomic E-state index is 12.4. The van der Waals surface area contributed by atoms with E-state index in [9.17, 15) is 9.59 Å². The Hall–Kier alpha value is -2.19. The molecule has 0 aliphatic carbocycles. The van der Waals surface area contributed by atoms with Gasteiger partial charge in [-0.25, -0.2) is 4.79 Å². The van der Waals surface area contributed by atoms with Crippen LogP contribution in [0.25, 0.3) is 10.1 Å². The van der Waals surface area contributed by atoms with E-state index in [0.29, 0.717) is 20.6 Å². The number of fused-ring (bicyclic) bond motifs is 1. The predicted molar refractivity (Wildman–Crippen MR) is 109 cm³/mol. The number of hydrogen-bond donors (Lipinski definition) is 3. The van der Waals surface area contributed by atoms with Gasteiger partial charge in [0.25, 0.3) is 5.91 Å². The molecule has 0 saturated carbocycles. The second-order valence-electron chi connectivity index (χ2n) is 5.18. The lowest BCUT2D eigenvalue weighted by atomic mass is 10.2. The van der Waals surface area contributed by atoms with Crippen molar-refractivity contribution in [3.8, 4) is 0 Å². The molecule has 3 aromatic rings. The largest absolute Gasteiger partial charge is 0.478 e. The molecule has 0 aliphatic rings. The van der Waals surface area contributed by atoms with Crippen molar-refractivity contribution in [1.82, 2.24) is 5.32 Å². The zero-order valence-electron chi connectivity index (χ0n) is 12.9. The average molecular weight is 425 g/mol. The summed E-state index contributed by atoms with van der Waals surface area (Å²) in [7, 11) is 0. The number of nitrogens with one attached hydrogen (secondary N) is 2. The fourth-order valence-corrected chi connectivity index (χ4v) is 4.10. The molecular weight excluding hydrogens is 415 g/mol. The third-order valence-corrected chi connectivity index (χ3v) is 5.51. The van der Waals surface area contributed by atoms with Crippen LogP contribution in [0.15, 0.2) is 42.5 Å². The number of benzene rings is 2. The van der Waals surface area contributed by atoms with Crippen LogP contribution in [-0.2, 0) is 0 Å². The molecule has 3 rings (SSSR count). The van der Waals surface area contributed by atoms with E-state index in [0.717, 1.165) is 10.1 Å². The summed E-state index contributed by atoms with van der Waals surface area (Å²) < 4.78 is 0.802. The average Bonchev–Trinajstić information content (AvgIpc) is 2.91. The molecule has 132 valence electrons. The second kappa shape index (κ2) is 7.59. The van der Waals surface area contributed by atoms with Crippen LogP contribution in [0.4, 0.5) is 5.69 Å². The van der Waals surface area contributed by atoms with Crippen LogP contribution in [0.5, 0.6) is 0 Å². The van der Waals surface area contributed by atoms with E-state index in [2.05, 4.69) is 10.6 Å². The first-order valence-electron chi connectivity index (χ1n) is 7.18. The van der Waals surface area contributed by atoms with Gasteiger partial charge in [0.15, 0.2) is 5.11 Å². The summed E-state index contributed by atoms with van der Waals surface area (Å²) in [5.41, 5.74) is 0.704. The van der Waals surface area contributed by atoms with Gasteiger partial charge in [-0.2, -0.15) is 0 Å². The number of thiophene rings is 1. The van der Waals surface area contributed by atoms with Crippen LogP contribution in [0, 0.1) is 0 Å². The molecule has 0 unspecified atom stereocenters. The number of thiocarbonyl (C=S) groups is 1. The van der Waals surface area contributed by atoms with Crippen LogP contribution in [0.3, 0.4) is 0 Å². The fraction of sp³-hybridized carbons (Fsp3) is 0. The van der Waals surface area contributed by atoms with E-state index < -0.39 is 11.9 Å². The van der Waals surface area contributed by atoms with Crippen molar-refractivity contribution in [3.63, 3.8) is 0 Å². The molecule has 2 aromatic carbocycles. The number of rotatable bonds is 3. The van der Waals surface area contributed by atoms with E-state index in [4.69, 9.17) is 40.5 Å². The van der Waals surface area contributed by atoms with Crippen molar-refractivity contribution < 1.29 is 14.7 Å². The molecule has 1 heterocycles. The van der Waals surface area contributed by atoms with Crippen LogP contribution < -0.4 is 10.6 Å². The van der Waals surface area contributed by atoms with Gasteiger partial charge in [-0.3, -0.25) is 10.1 Å². The highest BCUT2D eigenvalue weighted by molar-refractivity contribution is 7.80. The number of aromatic carboxylic acids is 1. The van der Waals surface area contributed by atoms with Crippen molar-refractivity contribution >= 4 is 79.5 Å². The topological polar surface area (TPSA) is 78.4 Å². The van der Waals surface area contributed by atoms with Gasteiger partial charge in [-0.05, 0) is 48.6 Å². The Morgan fingerprint density at radius 3 is 2.42 bits per heavy atom. The van der Waals surface area contributed by atoms with E-state index in [1.165, 1.54) is 23.5 Å². The fourth-order valence-electron chi connectivity index (χ4n) is 2.20. The summed E-state index contributed by atoms with van der Waals surface area (Å²) in [5, 5.41) is 16.0. The predicted octanol–water partition coefficient (Wildman–Crippen LogP) is 5.03. The lowest BCUT2D eigenvalue weighted by Crippen LogP contribution is -2.33. The summed E-state index contributed by atoms with van der Waals surface area (Å²) in [6.07, 6.45) is 0. The van der Waals surface area contributed by atoms with Crippen molar-refractivity contribution in [1.29, 1.82) is 0 Å². The zero-order valence-corrected chi connectivity index (χ0v) is 16.0. The van der Waals surface area contributed by atoms with E-state index in [1.54, 1.807) is 30.3 Å². The maximum absolute atomic E-state index is 12.4. The minimum Gasteiger partial charge on any atom is -0.478 e. The molecule has 9 heteroatoms. The number of halogens is 2. The summed E-state index contributed by atoms with van der Waals surface area (Å²) in [5.74, 6) is -1.46. The first-order chi connectivity index (χ1) is 12.3. The number of carbonyl (C=O) groups excluding carboxylic acids is 1. The van der Waals surface area contributed by atoms with E-state index >= 15 is 0 Å². The highest BCUT2D eigenvalue weighted by Gasteiger charge is 2.18. The Kier molecular flexibility index (Phi) is 5.43. The maximum Gasteiger partial charge on any atom is 0.335 e. The van der Waals surface area contributed by atoms with Gasteiger partial charge in [-0.1, -0.05) is 29.3 Å². The standard InChI is InChI=1S/C17H10Cl2N2O3S2/c18-9-3-6-11-12(7-9)26-14(13(11)19)15(22)21-17(25)20-10-4-1-8(2-5-10)16(23)24/h1-7H,(H,23,24)(H2,20,21,22,25). The second-order valence-corrected chi connectivity index (χ2v) is 7.45. The molecule has 3 N–H and O–H groups in total. The number of carboxylic acids is 1. The lowest BCUT2D eigenvalue weighted by molar-refractivity contribution is 0.0696. The Labute approximate surface area is 167 Å². The zero-order chi connectivity index (χ0) is 18.8. The van der Waals surface area contributed by atoms with Crippen molar-refractivity contribution in [2.45, 2.75) is 0 Å². The quantitative estimate of drug-likeness (QED) is 0.513. The van der Waals surface area contributed by atoms with Gasteiger partial charge in [0.2, 0.25) is 0 Å². The van der Waals surface area contributed by atoms with Gasteiger partial charge in [-0.15, -0.1) is 11.3 Å². The molecule has 0 spiro atoms. The summed E-state index contributed by atoms with van der Waals surface area (Å²) in [6.45, 7) is 0. The van der Waals surface area contributed by atoms with Crippen LogP contribution in [0.1, 0.15) is 20.0 Å². The highest BCUT2D eigenvalue weighted by atomic mass is 35.5. The van der Waals surface area contributed by atoms with Gasteiger partial charge in [0.05, 0.1) is 10.6 Å². The molecule has 26 heavy (non-hydrogen) atoms. The molecule has 5 nitrogen and oxygen atoms in total. The smallest absolute Gasteiger partial charge is 0.335 e. The molecule has 0 saturated heterocycles. The molecular formula is C17H10Cl2N2O3S2. The highest BCUT2D eigenvalue weighted by Crippen LogP contribution is 2.36. The molecule has 0 fully saturated rings. The number of anilines is 1. The minimum atomic E-state index is -1.02. The summed E-state index contributed by atoms with van der Waals surface area (Å²) in [6, 6.07) is 11.2. The third kappa shape index (κ3) is 3.96. The number of amides is 1. The molecule has 0 atom stereocenters. The molecule has 1 aromatic heterocycles. The van der Waals surface area contributed by atoms with Crippen LogP contribution in [-0.4, -0.2) is 22.1 Å². The minimum absolute atomic E-state index is 0.0737. The van der Waals surface area contributed by atoms with Crippen molar-refractivity contribution in [3.05, 3.63) is 63.0 Å². The van der Waals surface area contributed by atoms with Crippen LogP contribution in [0.2, 0.25) is 10.0 Å². The third-order valence-electron chi connectivity index (χ3n) is 3.41. The van der Waals surface area contributed by atoms with Crippen LogP contribution >= 0.6 is 46.8 Å². The van der Waals surface area contributed by atoms with Gasteiger partial charge >= 0.3 is 5.97 Å². The first-order valence-corrected chi connectivity index (χ1v) is 9.16. The number of carboxylic acid groups (broad SMARTS) is 1. The molecule has 0 aliphatic heterocycles. The number of carbonyl (C=O) groups is 2. The lowest BCUT2D eigenvalue weighted by Gasteiger charge is -2.09. The van der Waals surface area contributed by atoms with Gasteiger partial charge in [0.1, 0.15) is 4.88 Å². The Morgan fingerprint density at radius 2 is 1.77 bits per heavy atom. The molecule has 0 radical (unpaired) electrons. The Balaban J connectivity index is 1.72. The van der Waals surface area contributed by atoms with E-state index in [1.807, 2.05) is 0 Å². The summed E-state index contributed by atoms with van der Waals surface area (Å²) >= 11 is 18.6. The number of hydrogen-bond acceptors (Lipinski definition) is 4. The first kappa shape index (κ1) is 18.6. The van der Waals surface area contributed by atoms with Gasteiger partial charge < -0.3 is 10.4 Å². The van der Waals surface area contributed by atoms with Gasteiger partial charge in [0, 0.05) is 20.8 Å². The Morgan fingerprint density at radius 1 is 1.08 bits per heavy atom. The SMILES string of the molecule is O=C(O)c1ccc(NC(=S)NC(=O)c2sc3cc(Cl)ccc3c2Cl)cc1. The Bertz CT molecular complexity index is 1030. The van der Waals surface area contributed by atoms with Crippen molar-refractivity contribution in [2.24, 2.45) is 0 Å². The monoisotopic (exact) mass is 424 g/mol. The molecule has 0 bridgehead atoms. The molecule has 1 amide bonds. The van der Waals surface area contributed by atoms with Crippen molar-refractivity contribution in [2.75, 3.05) is 5.32 Å².